The molecule has 6 aliphatic carbocycles. The Morgan fingerprint density at radius 2 is 0.500 bits per heavy atom. The molecule has 0 radical (unpaired) electrons. The van der Waals surface area contributed by atoms with E-state index in [2.05, 4.69) is 34.1 Å². The summed E-state index contributed by atoms with van der Waals surface area (Å²) in [5, 5.41) is 0. The van der Waals surface area contributed by atoms with Gasteiger partial charge < -0.3 is 0 Å². The summed E-state index contributed by atoms with van der Waals surface area (Å²) in [6.45, 7) is 0. The lowest BCUT2D eigenvalue weighted by Gasteiger charge is -2.48. The monoisotopic (exact) mass is 577 g/mol. The molecule has 0 atom stereocenters. The highest BCUT2D eigenvalue weighted by atomic mass is 15.2. The quantitative estimate of drug-likeness (QED) is 0.252. The average Bonchev–Trinajstić information content (AvgIpc) is 3.07. The lowest BCUT2D eigenvalue weighted by Crippen LogP contribution is -2.51. The number of hydrogen-bond acceptors (Lipinski definition) is 2. The number of nitrogens with zero attached hydrogens (tertiary/aromatic N) is 2. The third kappa shape index (κ3) is 8.56. The minimum atomic E-state index is 0.820. The highest BCUT2D eigenvalue weighted by Gasteiger charge is 2.37. The molecule has 42 heavy (non-hydrogen) atoms. The van der Waals surface area contributed by atoms with E-state index >= 15 is 0 Å². The van der Waals surface area contributed by atoms with Crippen LogP contribution >= 0.6 is 0 Å². The highest BCUT2D eigenvalue weighted by Crippen LogP contribution is 2.39. The van der Waals surface area contributed by atoms with Crippen LogP contribution in [-0.4, -0.2) is 46.1 Å². The van der Waals surface area contributed by atoms with E-state index in [1.54, 1.807) is 0 Å². The standard InChI is InChI=1S/C40H68N2/c1-5-17-35(18-6-1)41(36-19-7-2-8-20-36)39-29-25-33(26-30-39)15-13-14-16-34-27-31-40(32-28-34)42(37-21-9-3-10-22-37)38-23-11-4-12-24-38/h13-16,33-40H,1-12,17-32H2. The molecule has 6 aliphatic rings. The lowest BCUT2D eigenvalue weighted by atomic mass is 9.80. The summed E-state index contributed by atoms with van der Waals surface area (Å²) >= 11 is 0. The molecule has 6 saturated carbocycles. The summed E-state index contributed by atoms with van der Waals surface area (Å²) in [4.78, 5) is 6.27. The summed E-state index contributed by atoms with van der Waals surface area (Å²) in [5.74, 6) is 1.64. The molecule has 0 N–H and O–H groups in total. The fraction of sp³-hybridized carbons (Fsp3) is 0.900. The van der Waals surface area contributed by atoms with E-state index < -0.39 is 0 Å². The van der Waals surface area contributed by atoms with Crippen LogP contribution in [0.1, 0.15) is 180 Å². The molecule has 6 rings (SSSR count). The van der Waals surface area contributed by atoms with E-state index in [0.717, 1.165) is 48.1 Å². The third-order valence-electron chi connectivity index (χ3n) is 13.2. The highest BCUT2D eigenvalue weighted by molar-refractivity contribution is 5.08. The van der Waals surface area contributed by atoms with E-state index in [4.69, 9.17) is 0 Å². The molecule has 0 aromatic carbocycles. The number of allylic oxidation sites excluding steroid dienone is 4. The molecule has 0 unspecified atom stereocenters. The van der Waals surface area contributed by atoms with E-state index in [9.17, 15) is 0 Å². The van der Waals surface area contributed by atoms with Crippen molar-refractivity contribution in [1.29, 1.82) is 0 Å². The van der Waals surface area contributed by atoms with Crippen LogP contribution in [0.5, 0.6) is 0 Å². The largest absolute Gasteiger partial charge is 0.294 e. The van der Waals surface area contributed by atoms with Gasteiger partial charge >= 0.3 is 0 Å². The second-order valence-corrected chi connectivity index (χ2v) is 16.0. The summed E-state index contributed by atoms with van der Waals surface area (Å²) < 4.78 is 0. The molecule has 0 aromatic heterocycles. The molecule has 0 heterocycles. The van der Waals surface area contributed by atoms with Crippen LogP contribution in [0.2, 0.25) is 0 Å². The molecular weight excluding hydrogens is 508 g/mol. The van der Waals surface area contributed by atoms with Gasteiger partial charge in [0.05, 0.1) is 0 Å². The van der Waals surface area contributed by atoms with Gasteiger partial charge in [-0.25, -0.2) is 0 Å². The SMILES string of the molecule is C(C=CC1CCC(N(C2CCCCC2)C2CCCCC2)CC1)=CC1CCC(N(C2CCCCC2)C2CCCCC2)CC1. The molecule has 0 amide bonds. The van der Waals surface area contributed by atoms with Crippen molar-refractivity contribution >= 4 is 0 Å². The first-order chi connectivity index (χ1) is 20.8. The Labute approximate surface area is 261 Å². The van der Waals surface area contributed by atoms with Crippen molar-refractivity contribution in [3.8, 4) is 0 Å². The van der Waals surface area contributed by atoms with Crippen LogP contribution < -0.4 is 0 Å². The van der Waals surface area contributed by atoms with Crippen molar-refractivity contribution in [1.82, 2.24) is 9.80 Å². The molecule has 0 aromatic rings. The van der Waals surface area contributed by atoms with Crippen molar-refractivity contribution in [3.05, 3.63) is 24.3 Å². The molecule has 0 spiro atoms. The van der Waals surface area contributed by atoms with Crippen molar-refractivity contribution in [2.75, 3.05) is 0 Å². The average molecular weight is 577 g/mol. The van der Waals surface area contributed by atoms with E-state index in [0.29, 0.717) is 0 Å². The molecular formula is C40H68N2. The van der Waals surface area contributed by atoms with Crippen molar-refractivity contribution in [2.24, 2.45) is 11.8 Å². The van der Waals surface area contributed by atoms with Crippen LogP contribution in [0.3, 0.4) is 0 Å². The Bertz CT molecular complexity index is 687. The van der Waals surface area contributed by atoms with Crippen LogP contribution in [-0.2, 0) is 0 Å². The van der Waals surface area contributed by atoms with Gasteiger partial charge in [-0.05, 0) is 115 Å². The molecule has 0 aliphatic heterocycles. The Balaban J connectivity index is 0.951. The fourth-order valence-electron chi connectivity index (χ4n) is 10.9. The Hall–Kier alpha value is -0.600. The first kappa shape index (κ1) is 31.4. The fourth-order valence-corrected chi connectivity index (χ4v) is 10.9. The summed E-state index contributed by atoms with van der Waals surface area (Å²) in [7, 11) is 0. The number of rotatable bonds is 9. The van der Waals surface area contributed by atoms with Gasteiger partial charge in [0.25, 0.3) is 0 Å². The van der Waals surface area contributed by atoms with Crippen molar-refractivity contribution < 1.29 is 0 Å². The van der Waals surface area contributed by atoms with Crippen LogP contribution in [0, 0.1) is 11.8 Å². The van der Waals surface area contributed by atoms with Gasteiger partial charge in [0.2, 0.25) is 0 Å². The first-order valence-corrected chi connectivity index (χ1v) is 19.7. The van der Waals surface area contributed by atoms with Gasteiger partial charge in [0.1, 0.15) is 0 Å². The Kier molecular flexibility index (Phi) is 12.4. The predicted octanol–water partition coefficient (Wildman–Crippen LogP) is 11.2. The lowest BCUT2D eigenvalue weighted by molar-refractivity contribution is 0.0181. The van der Waals surface area contributed by atoms with Crippen LogP contribution in [0.25, 0.3) is 0 Å². The second kappa shape index (κ2) is 16.6. The zero-order valence-corrected chi connectivity index (χ0v) is 27.6. The minimum Gasteiger partial charge on any atom is -0.294 e. The van der Waals surface area contributed by atoms with E-state index in [-0.39, 0.29) is 0 Å². The molecule has 6 fully saturated rings. The molecule has 0 saturated heterocycles. The third-order valence-corrected chi connectivity index (χ3v) is 13.2. The summed E-state index contributed by atoms with van der Waals surface area (Å²) in [6.07, 6.45) is 51.3. The summed E-state index contributed by atoms with van der Waals surface area (Å²) in [5.41, 5.74) is 0. The van der Waals surface area contributed by atoms with E-state index in [1.165, 1.54) is 180 Å². The second-order valence-electron chi connectivity index (χ2n) is 16.0. The van der Waals surface area contributed by atoms with Gasteiger partial charge in [-0.15, -0.1) is 0 Å². The molecule has 2 nitrogen and oxygen atoms in total. The zero-order chi connectivity index (χ0) is 28.4. The van der Waals surface area contributed by atoms with Crippen molar-refractivity contribution in [2.45, 2.75) is 216 Å². The normalized spacial score (nSPS) is 34.2. The van der Waals surface area contributed by atoms with Gasteiger partial charge in [-0.2, -0.15) is 0 Å². The smallest absolute Gasteiger partial charge is 0.0102 e. The molecule has 238 valence electrons. The first-order valence-electron chi connectivity index (χ1n) is 19.7. The maximum atomic E-state index is 3.14. The number of hydrogen-bond donors (Lipinski definition) is 0. The topological polar surface area (TPSA) is 6.48 Å². The van der Waals surface area contributed by atoms with Crippen molar-refractivity contribution in [3.63, 3.8) is 0 Å². The van der Waals surface area contributed by atoms with Gasteiger partial charge in [-0.3, -0.25) is 9.80 Å². The van der Waals surface area contributed by atoms with Crippen LogP contribution in [0.4, 0.5) is 0 Å². The van der Waals surface area contributed by atoms with Gasteiger partial charge in [0, 0.05) is 36.3 Å². The minimum absolute atomic E-state index is 0.820. The molecule has 2 heteroatoms. The zero-order valence-electron chi connectivity index (χ0n) is 27.6. The Morgan fingerprint density at radius 3 is 0.762 bits per heavy atom. The molecule has 0 bridgehead atoms. The summed E-state index contributed by atoms with van der Waals surface area (Å²) in [6, 6.07) is 5.41. The maximum Gasteiger partial charge on any atom is 0.0102 e. The van der Waals surface area contributed by atoms with Gasteiger partial charge in [-0.1, -0.05) is 101 Å². The van der Waals surface area contributed by atoms with Crippen LogP contribution in [0.15, 0.2) is 24.3 Å². The van der Waals surface area contributed by atoms with E-state index in [1.807, 2.05) is 0 Å². The Morgan fingerprint density at radius 1 is 0.262 bits per heavy atom. The maximum absolute atomic E-state index is 3.14. The predicted molar refractivity (Wildman–Crippen MR) is 181 cm³/mol. The van der Waals surface area contributed by atoms with Gasteiger partial charge in [0.15, 0.2) is 0 Å².